The molecule has 0 N–H and O–H groups in total. The Morgan fingerprint density at radius 2 is 1.69 bits per heavy atom. The summed E-state index contributed by atoms with van der Waals surface area (Å²) < 4.78 is 1.21. The average molecular weight is 329 g/mol. The second-order valence-corrected chi connectivity index (χ2v) is 5.13. The van der Waals surface area contributed by atoms with E-state index in [-0.39, 0.29) is 0 Å². The highest BCUT2D eigenvalue weighted by molar-refractivity contribution is 14.1. The first-order chi connectivity index (χ1) is 7.74. The molecular weight excluding hydrogens is 309 g/mol. The van der Waals surface area contributed by atoms with E-state index in [9.17, 15) is 0 Å². The van der Waals surface area contributed by atoms with Crippen LogP contribution in [0.2, 0.25) is 0 Å². The van der Waals surface area contributed by atoms with Gasteiger partial charge in [0.05, 0.1) is 0 Å². The van der Waals surface area contributed by atoms with Crippen molar-refractivity contribution in [3.63, 3.8) is 0 Å². The Hall–Kier alpha value is -0.510. The maximum atomic E-state index is 2.40. The summed E-state index contributed by atoms with van der Waals surface area (Å²) in [6, 6.07) is 8.82. The molecule has 1 rings (SSSR count). The molecule has 0 amide bonds. The van der Waals surface area contributed by atoms with Crippen LogP contribution in [0, 0.1) is 0 Å². The highest BCUT2D eigenvalue weighted by Gasteiger charge is 1.95. The first-order valence-corrected chi connectivity index (χ1v) is 7.24. The molecule has 1 nitrogen and oxygen atoms in total. The number of hydrogen-bond donors (Lipinski definition) is 0. The molecule has 0 heterocycles. The van der Waals surface area contributed by atoms with Crippen LogP contribution in [0.3, 0.4) is 0 Å². The number of anilines is 1. The molecule has 0 aliphatic heterocycles. The van der Waals surface area contributed by atoms with Gasteiger partial charge in [-0.2, -0.15) is 0 Å². The molecule has 88 valence electrons. The number of hydrogen-bond acceptors (Lipinski definition) is 1. The first-order valence-electron chi connectivity index (χ1n) is 5.71. The normalized spacial score (nSPS) is 10.9. The summed E-state index contributed by atoms with van der Waals surface area (Å²) in [5.41, 5.74) is 2.69. The third-order valence-corrected chi connectivity index (χ3v) is 3.12. The van der Waals surface area contributed by atoms with Gasteiger partial charge in [-0.1, -0.05) is 46.9 Å². The van der Waals surface area contributed by atoms with Gasteiger partial charge in [-0.05, 0) is 37.0 Å². The molecule has 1 aromatic rings. The average Bonchev–Trinajstić information content (AvgIpc) is 2.29. The molecule has 0 unspecified atom stereocenters. The van der Waals surface area contributed by atoms with E-state index >= 15 is 0 Å². The molecule has 0 saturated heterocycles. The molecule has 0 fully saturated rings. The Morgan fingerprint density at radius 1 is 1.06 bits per heavy atom. The molecule has 0 bridgehead atoms. The number of allylic oxidation sites excluding steroid dienone is 2. The summed E-state index contributed by atoms with van der Waals surface area (Å²) in [5, 5.41) is 0. The number of alkyl halides is 1. The van der Waals surface area contributed by atoms with Crippen LogP contribution in [0.1, 0.15) is 18.4 Å². The van der Waals surface area contributed by atoms with Crippen molar-refractivity contribution in [2.45, 2.75) is 19.3 Å². The minimum atomic E-state index is 1.14. The van der Waals surface area contributed by atoms with Gasteiger partial charge in [0.15, 0.2) is 0 Å². The van der Waals surface area contributed by atoms with Gasteiger partial charge in [0.25, 0.3) is 0 Å². The van der Waals surface area contributed by atoms with E-state index in [0.717, 1.165) is 12.8 Å². The molecule has 0 radical (unpaired) electrons. The largest absolute Gasteiger partial charge is 0.378 e. The fraction of sp³-hybridized carbons (Fsp3) is 0.429. The fourth-order valence-corrected chi connectivity index (χ4v) is 1.87. The summed E-state index contributed by atoms with van der Waals surface area (Å²) in [6.07, 6.45) is 8.06. The van der Waals surface area contributed by atoms with Crippen LogP contribution in [0.5, 0.6) is 0 Å². The highest BCUT2D eigenvalue weighted by Crippen LogP contribution is 2.13. The highest BCUT2D eigenvalue weighted by atomic mass is 127. The minimum absolute atomic E-state index is 1.14. The zero-order valence-electron chi connectivity index (χ0n) is 10.1. The van der Waals surface area contributed by atoms with Gasteiger partial charge in [0, 0.05) is 24.2 Å². The van der Waals surface area contributed by atoms with E-state index in [1.165, 1.54) is 22.1 Å². The lowest BCUT2D eigenvalue weighted by atomic mass is 10.1. The van der Waals surface area contributed by atoms with Crippen LogP contribution in [0.4, 0.5) is 5.69 Å². The Kier molecular flexibility index (Phi) is 6.53. The fourth-order valence-electron chi connectivity index (χ4n) is 1.51. The van der Waals surface area contributed by atoms with Crippen molar-refractivity contribution in [2.75, 3.05) is 23.4 Å². The Bertz CT molecular complexity index is 314. The molecular formula is C14H20IN. The third kappa shape index (κ3) is 5.01. The van der Waals surface area contributed by atoms with Gasteiger partial charge in [-0.25, -0.2) is 0 Å². The Balaban J connectivity index is 2.37. The summed E-state index contributed by atoms with van der Waals surface area (Å²) in [4.78, 5) is 2.13. The second kappa shape index (κ2) is 7.71. The minimum Gasteiger partial charge on any atom is -0.378 e. The van der Waals surface area contributed by atoms with E-state index < -0.39 is 0 Å². The monoisotopic (exact) mass is 329 g/mol. The summed E-state index contributed by atoms with van der Waals surface area (Å²) in [5.74, 6) is 0. The van der Waals surface area contributed by atoms with Crippen LogP contribution in [0.15, 0.2) is 36.4 Å². The zero-order chi connectivity index (χ0) is 11.8. The summed E-state index contributed by atoms with van der Waals surface area (Å²) in [6.45, 7) is 0. The van der Waals surface area contributed by atoms with Crippen molar-refractivity contribution in [1.29, 1.82) is 0 Å². The molecule has 0 aliphatic carbocycles. The molecule has 16 heavy (non-hydrogen) atoms. The maximum absolute atomic E-state index is 2.40. The van der Waals surface area contributed by atoms with E-state index in [0.29, 0.717) is 0 Å². The number of aryl methyl sites for hydroxylation is 1. The van der Waals surface area contributed by atoms with E-state index in [4.69, 9.17) is 0 Å². The number of halogens is 1. The van der Waals surface area contributed by atoms with Crippen LogP contribution in [0.25, 0.3) is 0 Å². The topological polar surface area (TPSA) is 3.24 Å². The molecule has 0 saturated carbocycles. The lowest BCUT2D eigenvalue weighted by molar-refractivity contribution is 0.991. The number of nitrogens with zero attached hydrogens (tertiary/aromatic N) is 1. The molecule has 0 atom stereocenters. The van der Waals surface area contributed by atoms with Crippen molar-refractivity contribution in [1.82, 2.24) is 0 Å². The van der Waals surface area contributed by atoms with Crippen molar-refractivity contribution in [3.05, 3.63) is 42.0 Å². The van der Waals surface area contributed by atoms with E-state index in [2.05, 4.69) is 78.0 Å². The van der Waals surface area contributed by atoms with E-state index in [1.54, 1.807) is 0 Å². The lowest BCUT2D eigenvalue weighted by Gasteiger charge is -2.12. The third-order valence-electron chi connectivity index (χ3n) is 2.49. The number of benzene rings is 1. The number of rotatable bonds is 6. The molecule has 0 spiro atoms. The van der Waals surface area contributed by atoms with Crippen molar-refractivity contribution in [3.8, 4) is 0 Å². The molecule has 2 heteroatoms. The summed E-state index contributed by atoms with van der Waals surface area (Å²) in [7, 11) is 4.14. The van der Waals surface area contributed by atoms with Crippen molar-refractivity contribution in [2.24, 2.45) is 0 Å². The molecule has 1 aromatic carbocycles. The SMILES string of the molecule is CN(C)c1ccc(CC/C=C/CCI)cc1. The quantitative estimate of drug-likeness (QED) is 0.432. The van der Waals surface area contributed by atoms with Crippen LogP contribution >= 0.6 is 22.6 Å². The Labute approximate surface area is 113 Å². The lowest BCUT2D eigenvalue weighted by Crippen LogP contribution is -2.08. The second-order valence-electron chi connectivity index (χ2n) is 4.05. The van der Waals surface area contributed by atoms with Gasteiger partial charge >= 0.3 is 0 Å². The first kappa shape index (κ1) is 13.6. The van der Waals surface area contributed by atoms with E-state index in [1.807, 2.05) is 0 Å². The van der Waals surface area contributed by atoms with Gasteiger partial charge < -0.3 is 4.90 Å². The maximum Gasteiger partial charge on any atom is 0.0361 e. The summed E-state index contributed by atoms with van der Waals surface area (Å²) >= 11 is 2.40. The van der Waals surface area contributed by atoms with Gasteiger partial charge in [0.2, 0.25) is 0 Å². The smallest absolute Gasteiger partial charge is 0.0361 e. The standard InChI is InChI=1S/C14H20IN/c1-16(2)14-10-8-13(9-11-14)7-5-3-4-6-12-15/h3-4,8-11H,5-7,12H2,1-2H3/b4-3+. The van der Waals surface area contributed by atoms with Crippen molar-refractivity contribution < 1.29 is 0 Å². The van der Waals surface area contributed by atoms with Crippen LogP contribution in [-0.4, -0.2) is 18.5 Å². The zero-order valence-corrected chi connectivity index (χ0v) is 12.3. The molecule has 0 aliphatic rings. The van der Waals surface area contributed by atoms with Gasteiger partial charge in [-0.15, -0.1) is 0 Å². The van der Waals surface area contributed by atoms with Crippen LogP contribution < -0.4 is 4.90 Å². The van der Waals surface area contributed by atoms with Gasteiger partial charge in [0.1, 0.15) is 0 Å². The van der Waals surface area contributed by atoms with Crippen LogP contribution in [-0.2, 0) is 6.42 Å². The predicted molar refractivity (Wildman–Crippen MR) is 81.7 cm³/mol. The predicted octanol–water partition coefficient (Wildman–Crippen LogP) is 4.07. The van der Waals surface area contributed by atoms with Crippen molar-refractivity contribution >= 4 is 28.3 Å². The molecule has 0 aromatic heterocycles. The van der Waals surface area contributed by atoms with Gasteiger partial charge in [-0.3, -0.25) is 0 Å². The Morgan fingerprint density at radius 3 is 2.25 bits per heavy atom.